The lowest BCUT2D eigenvalue weighted by molar-refractivity contribution is 0.360. The summed E-state index contributed by atoms with van der Waals surface area (Å²) in [4.78, 5) is 2.05. The van der Waals surface area contributed by atoms with Gasteiger partial charge in [-0.05, 0) is 54.6 Å². The summed E-state index contributed by atoms with van der Waals surface area (Å²) in [5, 5.41) is 9.59. The van der Waals surface area contributed by atoms with Crippen molar-refractivity contribution in [3.8, 4) is 29.1 Å². The first-order valence-corrected chi connectivity index (χ1v) is 9.74. The van der Waals surface area contributed by atoms with Crippen LogP contribution >= 0.6 is 11.6 Å². The van der Waals surface area contributed by atoms with Crippen molar-refractivity contribution in [1.82, 2.24) is 0 Å². The number of hydrogen-bond donors (Lipinski definition) is 0. The second kappa shape index (κ2) is 7.47. The molecular weight excluding hydrogens is 396 g/mol. The first-order valence-electron chi connectivity index (χ1n) is 9.36. The standard InChI is InChI=1S/C25H15ClN2O2/c26-21-14-20(15-24-25(21)30-23-9-5-4-8-22(23)29-24)28(18-6-2-1-3-7-18)19-12-10-17(16-27)11-13-19/h1-15H. The molecule has 30 heavy (non-hydrogen) atoms. The van der Waals surface area contributed by atoms with Crippen molar-refractivity contribution >= 4 is 28.7 Å². The molecular formula is C25H15ClN2O2. The first kappa shape index (κ1) is 18.1. The summed E-state index contributed by atoms with van der Waals surface area (Å²) in [5.41, 5.74) is 3.27. The highest BCUT2D eigenvalue weighted by atomic mass is 35.5. The van der Waals surface area contributed by atoms with Crippen molar-refractivity contribution in [1.29, 1.82) is 5.26 Å². The van der Waals surface area contributed by atoms with Gasteiger partial charge in [0.15, 0.2) is 23.0 Å². The SMILES string of the molecule is N#Cc1ccc(N(c2ccccc2)c2cc(Cl)c3c(c2)Oc2ccccc2O3)cc1. The van der Waals surface area contributed by atoms with E-state index in [1.54, 1.807) is 12.1 Å². The van der Waals surface area contributed by atoms with Gasteiger partial charge in [-0.25, -0.2) is 0 Å². The minimum Gasteiger partial charge on any atom is -0.449 e. The van der Waals surface area contributed by atoms with E-state index in [1.807, 2.05) is 78.9 Å². The predicted molar refractivity (Wildman–Crippen MR) is 117 cm³/mol. The molecule has 0 saturated carbocycles. The number of nitriles is 1. The summed E-state index contributed by atoms with van der Waals surface area (Å²) in [6.07, 6.45) is 0. The molecule has 1 aliphatic heterocycles. The Balaban J connectivity index is 1.63. The monoisotopic (exact) mass is 410 g/mol. The molecule has 144 valence electrons. The molecule has 0 saturated heterocycles. The second-order valence-electron chi connectivity index (χ2n) is 6.74. The highest BCUT2D eigenvalue weighted by molar-refractivity contribution is 6.32. The Morgan fingerprint density at radius 3 is 2.00 bits per heavy atom. The largest absolute Gasteiger partial charge is 0.449 e. The van der Waals surface area contributed by atoms with Gasteiger partial charge in [0.1, 0.15) is 0 Å². The van der Waals surface area contributed by atoms with E-state index < -0.39 is 0 Å². The molecule has 0 spiro atoms. The highest BCUT2D eigenvalue weighted by Crippen LogP contribution is 2.51. The number of anilines is 3. The van der Waals surface area contributed by atoms with Crippen LogP contribution in [0.1, 0.15) is 5.56 Å². The maximum Gasteiger partial charge on any atom is 0.188 e. The van der Waals surface area contributed by atoms with Crippen LogP contribution in [0.4, 0.5) is 17.1 Å². The van der Waals surface area contributed by atoms with E-state index in [0.717, 1.165) is 17.1 Å². The zero-order valence-electron chi connectivity index (χ0n) is 15.7. The molecule has 0 atom stereocenters. The number of fused-ring (bicyclic) bond motifs is 2. The van der Waals surface area contributed by atoms with E-state index in [9.17, 15) is 0 Å². The van der Waals surface area contributed by atoms with Crippen LogP contribution in [0.3, 0.4) is 0 Å². The Hall–Kier alpha value is -3.94. The van der Waals surface area contributed by atoms with Gasteiger partial charge in [-0.3, -0.25) is 0 Å². The fourth-order valence-electron chi connectivity index (χ4n) is 3.42. The summed E-state index contributed by atoms with van der Waals surface area (Å²) in [5.74, 6) is 2.31. The van der Waals surface area contributed by atoms with Crippen molar-refractivity contribution < 1.29 is 9.47 Å². The molecule has 1 aliphatic rings. The van der Waals surface area contributed by atoms with Gasteiger partial charge in [-0.15, -0.1) is 0 Å². The van der Waals surface area contributed by atoms with Crippen LogP contribution in [0, 0.1) is 11.3 Å². The Bertz CT molecular complexity index is 1260. The van der Waals surface area contributed by atoms with Crippen molar-refractivity contribution in [2.45, 2.75) is 0 Å². The maximum absolute atomic E-state index is 9.14. The van der Waals surface area contributed by atoms with Crippen molar-refractivity contribution in [3.05, 3.63) is 102 Å². The van der Waals surface area contributed by atoms with Crippen LogP contribution in [0.2, 0.25) is 5.02 Å². The number of benzene rings is 4. The lowest BCUT2D eigenvalue weighted by atomic mass is 10.1. The number of halogens is 1. The molecule has 0 bridgehead atoms. The van der Waals surface area contributed by atoms with Gasteiger partial charge in [-0.2, -0.15) is 5.26 Å². The Morgan fingerprint density at radius 1 is 0.667 bits per heavy atom. The van der Waals surface area contributed by atoms with Gasteiger partial charge in [0, 0.05) is 17.4 Å². The van der Waals surface area contributed by atoms with E-state index in [4.69, 9.17) is 26.3 Å². The van der Waals surface area contributed by atoms with Crippen LogP contribution in [0.25, 0.3) is 0 Å². The molecule has 0 unspecified atom stereocenters. The molecule has 4 aromatic carbocycles. The number of hydrogen-bond acceptors (Lipinski definition) is 4. The van der Waals surface area contributed by atoms with Gasteiger partial charge in [0.05, 0.1) is 22.3 Å². The molecule has 5 heteroatoms. The Labute approximate surface area is 179 Å². The van der Waals surface area contributed by atoms with Gasteiger partial charge in [-0.1, -0.05) is 41.9 Å². The van der Waals surface area contributed by atoms with E-state index in [1.165, 1.54) is 0 Å². The summed E-state index contributed by atoms with van der Waals surface area (Å²) in [7, 11) is 0. The molecule has 0 N–H and O–H groups in total. The van der Waals surface area contributed by atoms with E-state index in [2.05, 4.69) is 11.0 Å². The van der Waals surface area contributed by atoms with Gasteiger partial charge < -0.3 is 14.4 Å². The van der Waals surface area contributed by atoms with Gasteiger partial charge in [0.25, 0.3) is 0 Å². The predicted octanol–water partition coefficient (Wildman–Crippen LogP) is 7.58. The fourth-order valence-corrected chi connectivity index (χ4v) is 3.66. The Morgan fingerprint density at radius 2 is 1.30 bits per heavy atom. The van der Waals surface area contributed by atoms with Crippen molar-refractivity contribution in [2.24, 2.45) is 0 Å². The third-order valence-corrected chi connectivity index (χ3v) is 5.08. The van der Waals surface area contributed by atoms with Gasteiger partial charge >= 0.3 is 0 Å². The number of ether oxygens (including phenoxy) is 2. The smallest absolute Gasteiger partial charge is 0.188 e. The normalized spacial score (nSPS) is 11.3. The minimum atomic E-state index is 0.451. The molecule has 0 aliphatic carbocycles. The molecule has 4 aromatic rings. The maximum atomic E-state index is 9.14. The number of rotatable bonds is 3. The third-order valence-electron chi connectivity index (χ3n) is 4.80. The van der Waals surface area contributed by atoms with E-state index >= 15 is 0 Å². The lowest BCUT2D eigenvalue weighted by Crippen LogP contribution is -2.11. The van der Waals surface area contributed by atoms with Crippen LogP contribution in [-0.2, 0) is 0 Å². The lowest BCUT2D eigenvalue weighted by Gasteiger charge is -2.28. The number of para-hydroxylation sites is 3. The molecule has 4 nitrogen and oxygen atoms in total. The zero-order chi connectivity index (χ0) is 20.5. The Kier molecular flexibility index (Phi) is 4.51. The zero-order valence-corrected chi connectivity index (χ0v) is 16.5. The summed E-state index contributed by atoms with van der Waals surface area (Å²) >= 11 is 6.61. The number of nitrogens with zero attached hydrogens (tertiary/aromatic N) is 2. The highest BCUT2D eigenvalue weighted by Gasteiger charge is 2.24. The topological polar surface area (TPSA) is 45.5 Å². The average Bonchev–Trinajstić information content (AvgIpc) is 2.79. The van der Waals surface area contributed by atoms with Crippen LogP contribution < -0.4 is 14.4 Å². The summed E-state index contributed by atoms with van der Waals surface area (Å²) in [6, 6.07) is 30.7. The molecule has 0 aromatic heterocycles. The molecule has 1 heterocycles. The average molecular weight is 411 g/mol. The van der Waals surface area contributed by atoms with E-state index in [-0.39, 0.29) is 0 Å². The molecule has 0 radical (unpaired) electrons. The van der Waals surface area contributed by atoms with Gasteiger partial charge in [0.2, 0.25) is 0 Å². The van der Waals surface area contributed by atoms with Crippen LogP contribution in [-0.4, -0.2) is 0 Å². The van der Waals surface area contributed by atoms with Crippen LogP contribution in [0.5, 0.6) is 23.0 Å². The summed E-state index contributed by atoms with van der Waals surface area (Å²) < 4.78 is 12.1. The quantitative estimate of drug-likeness (QED) is 0.307. The van der Waals surface area contributed by atoms with Crippen molar-refractivity contribution in [2.75, 3.05) is 4.90 Å². The molecule has 0 amide bonds. The summed E-state index contributed by atoms with van der Waals surface area (Å²) in [6.45, 7) is 0. The van der Waals surface area contributed by atoms with Crippen LogP contribution in [0.15, 0.2) is 91.0 Å². The third kappa shape index (κ3) is 3.22. The van der Waals surface area contributed by atoms with E-state index in [0.29, 0.717) is 33.6 Å². The first-order chi connectivity index (χ1) is 14.7. The second-order valence-corrected chi connectivity index (χ2v) is 7.14. The molecule has 5 rings (SSSR count). The molecule has 0 fully saturated rings. The fraction of sp³-hybridized carbons (Fsp3) is 0. The van der Waals surface area contributed by atoms with Crippen molar-refractivity contribution in [3.63, 3.8) is 0 Å². The minimum absolute atomic E-state index is 0.451.